The van der Waals surface area contributed by atoms with Crippen molar-refractivity contribution in [3.05, 3.63) is 0 Å². The first-order valence-electron chi connectivity index (χ1n) is 7.31. The van der Waals surface area contributed by atoms with Crippen molar-refractivity contribution in [2.45, 2.75) is 43.8 Å². The van der Waals surface area contributed by atoms with Crippen LogP contribution >= 0.6 is 0 Å². The average molecular weight is 375 g/mol. The normalized spacial score (nSPS) is 13.7. The zero-order valence-electron chi connectivity index (χ0n) is 13.6. The zero-order valence-corrected chi connectivity index (χ0v) is 13.6. The molecule has 3 atom stereocenters. The molecule has 10 N–H and O–H groups in total. The smallest absolute Gasteiger partial charge is 0.326 e. The summed E-state index contributed by atoms with van der Waals surface area (Å²) in [7, 11) is 0. The van der Waals surface area contributed by atoms with Gasteiger partial charge in [0.1, 0.15) is 12.1 Å². The summed E-state index contributed by atoms with van der Waals surface area (Å²) in [5, 5.41) is 21.7. The van der Waals surface area contributed by atoms with E-state index in [1.807, 2.05) is 5.32 Å². The molecule has 0 aliphatic carbocycles. The second-order valence-electron chi connectivity index (χ2n) is 5.34. The van der Waals surface area contributed by atoms with Crippen molar-refractivity contribution in [3.63, 3.8) is 0 Å². The molecule has 0 rings (SSSR count). The highest BCUT2D eigenvalue weighted by molar-refractivity contribution is 5.95. The van der Waals surface area contributed by atoms with Crippen LogP contribution in [0.2, 0.25) is 0 Å². The van der Waals surface area contributed by atoms with Crippen LogP contribution in [-0.2, 0) is 28.8 Å². The highest BCUT2D eigenvalue weighted by Gasteiger charge is 2.30. The van der Waals surface area contributed by atoms with Crippen LogP contribution in [0.5, 0.6) is 0 Å². The van der Waals surface area contributed by atoms with Gasteiger partial charge in [-0.3, -0.25) is 24.0 Å². The van der Waals surface area contributed by atoms with Crippen LogP contribution < -0.4 is 27.8 Å². The lowest BCUT2D eigenvalue weighted by Gasteiger charge is -2.21. The molecule has 146 valence electrons. The lowest BCUT2D eigenvalue weighted by atomic mass is 10.1. The number of carboxylic acid groups (broad SMARTS) is 2. The lowest BCUT2D eigenvalue weighted by Crippen LogP contribution is -2.55. The molecule has 13 nitrogen and oxygen atoms in total. The Balaban J connectivity index is 5.05. The van der Waals surface area contributed by atoms with E-state index in [0.717, 1.165) is 0 Å². The summed E-state index contributed by atoms with van der Waals surface area (Å²) in [5.74, 6) is -6.84. The van der Waals surface area contributed by atoms with Crippen LogP contribution in [0, 0.1) is 0 Å². The lowest BCUT2D eigenvalue weighted by molar-refractivity contribution is -0.144. The maximum Gasteiger partial charge on any atom is 0.326 e. The minimum atomic E-state index is -1.70. The number of amides is 4. The number of carbonyl (C=O) groups excluding carboxylic acids is 4. The van der Waals surface area contributed by atoms with Gasteiger partial charge in [-0.15, -0.1) is 0 Å². The molecule has 13 heteroatoms. The van der Waals surface area contributed by atoms with Crippen molar-refractivity contribution < 1.29 is 39.0 Å². The van der Waals surface area contributed by atoms with E-state index in [-0.39, 0.29) is 12.8 Å². The number of primary amides is 2. The molecule has 0 aromatic rings. The molecule has 0 bridgehead atoms. The van der Waals surface area contributed by atoms with Crippen molar-refractivity contribution in [1.82, 2.24) is 10.6 Å². The highest BCUT2D eigenvalue weighted by atomic mass is 16.4. The molecule has 0 saturated heterocycles. The Kier molecular flexibility index (Phi) is 9.29. The molecule has 0 radical (unpaired) electrons. The molecule has 0 aromatic carbocycles. The van der Waals surface area contributed by atoms with Gasteiger partial charge in [-0.2, -0.15) is 0 Å². The molecular weight excluding hydrogens is 354 g/mol. The first-order valence-corrected chi connectivity index (χ1v) is 7.31. The second-order valence-corrected chi connectivity index (χ2v) is 5.34. The molecule has 26 heavy (non-hydrogen) atoms. The van der Waals surface area contributed by atoms with Gasteiger partial charge in [-0.25, -0.2) is 4.79 Å². The third kappa shape index (κ3) is 9.17. The van der Waals surface area contributed by atoms with Gasteiger partial charge in [0.25, 0.3) is 0 Å². The standard InChI is InChI=1S/C13H21N5O8/c14-5(1-2-8(15)19)11(23)17-6(4-10(21)22)12(24)18-7(13(25)26)3-9(16)20/h5-7H,1-4,14H2,(H2,15,19)(H2,16,20)(H,17,23)(H,18,24)(H,21,22)(H,25,26)/t5-,6-,7-/m0/s1. The monoisotopic (exact) mass is 375 g/mol. The van der Waals surface area contributed by atoms with E-state index < -0.39 is 66.5 Å². The molecule has 0 saturated carbocycles. The van der Waals surface area contributed by atoms with Crippen LogP contribution in [-0.4, -0.2) is 63.9 Å². The van der Waals surface area contributed by atoms with Gasteiger partial charge < -0.3 is 38.0 Å². The Morgan fingerprint density at radius 3 is 1.77 bits per heavy atom. The minimum absolute atomic E-state index is 0.137. The quantitative estimate of drug-likeness (QED) is 0.175. The Hall–Kier alpha value is -3.22. The molecule has 0 spiro atoms. The van der Waals surface area contributed by atoms with Crippen molar-refractivity contribution in [2.75, 3.05) is 0 Å². The Morgan fingerprint density at radius 1 is 0.808 bits per heavy atom. The van der Waals surface area contributed by atoms with Gasteiger partial charge in [-0.1, -0.05) is 0 Å². The van der Waals surface area contributed by atoms with E-state index in [0.29, 0.717) is 0 Å². The average Bonchev–Trinajstić information content (AvgIpc) is 2.49. The van der Waals surface area contributed by atoms with E-state index in [2.05, 4.69) is 5.32 Å². The van der Waals surface area contributed by atoms with Gasteiger partial charge in [0.2, 0.25) is 23.6 Å². The van der Waals surface area contributed by atoms with Crippen molar-refractivity contribution in [1.29, 1.82) is 0 Å². The largest absolute Gasteiger partial charge is 0.481 e. The number of nitrogens with two attached hydrogens (primary N) is 3. The van der Waals surface area contributed by atoms with Crippen LogP contribution in [0.1, 0.15) is 25.7 Å². The maximum absolute atomic E-state index is 12.1. The topological polar surface area (TPSA) is 245 Å². The minimum Gasteiger partial charge on any atom is -0.481 e. The van der Waals surface area contributed by atoms with Gasteiger partial charge in [-0.05, 0) is 6.42 Å². The Bertz CT molecular complexity index is 593. The van der Waals surface area contributed by atoms with Gasteiger partial charge in [0.15, 0.2) is 0 Å². The number of rotatable bonds is 12. The van der Waals surface area contributed by atoms with Gasteiger partial charge >= 0.3 is 11.9 Å². The maximum atomic E-state index is 12.1. The fourth-order valence-corrected chi connectivity index (χ4v) is 1.77. The summed E-state index contributed by atoms with van der Waals surface area (Å²) < 4.78 is 0. The zero-order chi connectivity index (χ0) is 20.4. The summed E-state index contributed by atoms with van der Waals surface area (Å²) in [6, 6.07) is -4.60. The second kappa shape index (κ2) is 10.6. The molecule has 0 fully saturated rings. The van der Waals surface area contributed by atoms with Crippen LogP contribution in [0.15, 0.2) is 0 Å². The fourth-order valence-electron chi connectivity index (χ4n) is 1.77. The van der Waals surface area contributed by atoms with E-state index in [9.17, 15) is 28.8 Å². The fraction of sp³-hybridized carbons (Fsp3) is 0.538. The van der Waals surface area contributed by atoms with E-state index in [4.69, 9.17) is 27.4 Å². The third-order valence-corrected chi connectivity index (χ3v) is 3.07. The van der Waals surface area contributed by atoms with Gasteiger partial charge in [0, 0.05) is 6.42 Å². The predicted molar refractivity (Wildman–Crippen MR) is 84.0 cm³/mol. The summed E-state index contributed by atoms with van der Waals surface area (Å²) in [6.45, 7) is 0. The van der Waals surface area contributed by atoms with E-state index >= 15 is 0 Å². The summed E-state index contributed by atoms with van der Waals surface area (Å²) >= 11 is 0. The van der Waals surface area contributed by atoms with Crippen LogP contribution in [0.4, 0.5) is 0 Å². The number of nitrogens with one attached hydrogen (secondary N) is 2. The molecule has 0 aliphatic rings. The number of carbonyl (C=O) groups is 6. The molecule has 0 unspecified atom stereocenters. The van der Waals surface area contributed by atoms with Crippen LogP contribution in [0.25, 0.3) is 0 Å². The van der Waals surface area contributed by atoms with Crippen molar-refractivity contribution in [2.24, 2.45) is 17.2 Å². The molecular formula is C13H21N5O8. The predicted octanol–water partition coefficient (Wildman–Crippen LogP) is -4.02. The number of carboxylic acids is 2. The molecule has 4 amide bonds. The molecule has 0 aliphatic heterocycles. The Morgan fingerprint density at radius 2 is 1.35 bits per heavy atom. The summed E-state index contributed by atoms with van der Waals surface area (Å²) in [6.07, 6.45) is -1.94. The number of hydrogen-bond acceptors (Lipinski definition) is 7. The van der Waals surface area contributed by atoms with E-state index in [1.165, 1.54) is 0 Å². The number of hydrogen-bond donors (Lipinski definition) is 7. The first kappa shape index (κ1) is 22.8. The van der Waals surface area contributed by atoms with Crippen molar-refractivity contribution in [3.8, 4) is 0 Å². The number of aliphatic carboxylic acids is 2. The summed E-state index contributed by atoms with van der Waals surface area (Å²) in [5.41, 5.74) is 15.3. The SMILES string of the molecule is NC(=O)CC[C@H](N)C(=O)N[C@@H](CC(=O)O)C(=O)N[C@@H](CC(N)=O)C(=O)O. The van der Waals surface area contributed by atoms with Crippen molar-refractivity contribution >= 4 is 35.6 Å². The Labute approximate surface area is 147 Å². The summed E-state index contributed by atoms with van der Waals surface area (Å²) in [4.78, 5) is 67.3. The van der Waals surface area contributed by atoms with Crippen LogP contribution in [0.3, 0.4) is 0 Å². The highest BCUT2D eigenvalue weighted by Crippen LogP contribution is 2.00. The molecule has 0 aromatic heterocycles. The third-order valence-electron chi connectivity index (χ3n) is 3.07. The molecule has 0 heterocycles. The first-order chi connectivity index (χ1) is 11.9. The van der Waals surface area contributed by atoms with E-state index in [1.54, 1.807) is 0 Å². The van der Waals surface area contributed by atoms with Gasteiger partial charge in [0.05, 0.1) is 18.9 Å².